The minimum atomic E-state index is -1.37. The maximum Gasteiger partial charge on any atom is 0.451 e. The molecule has 9 nitrogen and oxygen atoms in total. The molecular weight excluding hydrogens is 399 g/mol. The van der Waals surface area contributed by atoms with Crippen LogP contribution in [-0.2, 0) is 4.79 Å². The number of nitrogens with one attached hydrogen (secondary N) is 2. The smallest absolute Gasteiger partial charge is 0.451 e. The molecule has 1 aromatic rings. The Balaban J connectivity index is 1.68. The van der Waals surface area contributed by atoms with E-state index < -0.39 is 18.6 Å². The van der Waals surface area contributed by atoms with Gasteiger partial charge in [0.05, 0.1) is 0 Å². The minimum Gasteiger partial charge on any atom is -0.480 e. The van der Waals surface area contributed by atoms with E-state index in [9.17, 15) is 14.7 Å². The van der Waals surface area contributed by atoms with E-state index in [1.807, 2.05) is 31.2 Å². The van der Waals surface area contributed by atoms with E-state index >= 15 is 0 Å². The molecule has 0 saturated carbocycles. The number of hydrogen-bond donors (Lipinski definition) is 6. The van der Waals surface area contributed by atoms with Crippen LogP contribution < -0.4 is 16.4 Å². The number of benzene rings is 1. The molecule has 0 radical (unpaired) electrons. The SMILES string of the molecule is Cc1ccc(NC(=O)NC2CCN(CCCC(N)(CCCCB(O)O)C(=O)O)C2)cc1. The Morgan fingerprint density at radius 1 is 1.19 bits per heavy atom. The molecule has 1 heterocycles. The number of rotatable bonds is 12. The lowest BCUT2D eigenvalue weighted by atomic mass is 9.81. The molecule has 0 aromatic heterocycles. The Hall–Kier alpha value is -2.14. The number of urea groups is 1. The largest absolute Gasteiger partial charge is 0.480 e. The molecule has 0 bridgehead atoms. The maximum atomic E-state index is 12.2. The van der Waals surface area contributed by atoms with Gasteiger partial charge >= 0.3 is 19.1 Å². The molecule has 1 aliphatic rings. The lowest BCUT2D eigenvalue weighted by molar-refractivity contribution is -0.144. The number of amides is 2. The van der Waals surface area contributed by atoms with E-state index in [0.29, 0.717) is 32.1 Å². The van der Waals surface area contributed by atoms with Crippen LogP contribution in [0.25, 0.3) is 0 Å². The third-order valence-electron chi connectivity index (χ3n) is 5.78. The van der Waals surface area contributed by atoms with Gasteiger partial charge in [0.2, 0.25) is 0 Å². The van der Waals surface area contributed by atoms with E-state index in [1.165, 1.54) is 0 Å². The number of aliphatic carboxylic acids is 1. The first-order valence-corrected chi connectivity index (χ1v) is 10.9. The van der Waals surface area contributed by atoms with E-state index in [4.69, 9.17) is 15.8 Å². The molecule has 1 fully saturated rings. The topological polar surface area (TPSA) is 148 Å². The van der Waals surface area contributed by atoms with Crippen molar-refractivity contribution in [1.29, 1.82) is 0 Å². The summed E-state index contributed by atoms with van der Waals surface area (Å²) in [6, 6.07) is 7.44. The van der Waals surface area contributed by atoms with Crippen LogP contribution in [0.15, 0.2) is 24.3 Å². The van der Waals surface area contributed by atoms with Crippen molar-refractivity contribution in [2.24, 2.45) is 5.73 Å². The molecule has 7 N–H and O–H groups in total. The fourth-order valence-corrected chi connectivity index (χ4v) is 3.87. The van der Waals surface area contributed by atoms with Gasteiger partial charge in [-0.15, -0.1) is 0 Å². The van der Waals surface area contributed by atoms with Gasteiger partial charge in [-0.1, -0.05) is 30.5 Å². The average molecular weight is 434 g/mol. The van der Waals surface area contributed by atoms with Gasteiger partial charge in [-0.2, -0.15) is 0 Å². The van der Waals surface area contributed by atoms with E-state index in [0.717, 1.165) is 37.3 Å². The Morgan fingerprint density at radius 2 is 1.87 bits per heavy atom. The zero-order valence-electron chi connectivity index (χ0n) is 18.2. The summed E-state index contributed by atoms with van der Waals surface area (Å²) in [6.45, 7) is 4.28. The van der Waals surface area contributed by atoms with Gasteiger partial charge in [-0.3, -0.25) is 4.79 Å². The number of unbranched alkanes of at least 4 members (excludes halogenated alkanes) is 1. The third kappa shape index (κ3) is 8.86. The Bertz CT molecular complexity index is 718. The van der Waals surface area contributed by atoms with Crippen LogP contribution in [0.5, 0.6) is 0 Å². The predicted octanol–water partition coefficient (Wildman–Crippen LogP) is 1.40. The number of likely N-dealkylation sites (tertiary alicyclic amines) is 1. The standard InChI is InChI=1S/C21H35BN4O5/c1-16-5-7-17(8-6-16)24-20(29)25-18-9-14-26(15-18)13-4-11-21(23,19(27)28)10-2-3-12-22(30)31/h5-8,18,30-31H,2-4,9-15,23H2,1H3,(H,27,28)(H2,24,25,29). The van der Waals surface area contributed by atoms with Gasteiger partial charge in [0, 0.05) is 24.8 Å². The average Bonchev–Trinajstić information content (AvgIpc) is 3.14. The van der Waals surface area contributed by atoms with Crippen molar-refractivity contribution >= 4 is 24.8 Å². The fourth-order valence-electron chi connectivity index (χ4n) is 3.87. The number of carbonyl (C=O) groups excluding carboxylic acids is 1. The van der Waals surface area contributed by atoms with E-state index in [-0.39, 0.29) is 18.4 Å². The van der Waals surface area contributed by atoms with Crippen LogP contribution in [0.1, 0.15) is 44.1 Å². The zero-order valence-corrected chi connectivity index (χ0v) is 18.2. The van der Waals surface area contributed by atoms with Crippen molar-refractivity contribution in [3.8, 4) is 0 Å². The monoisotopic (exact) mass is 434 g/mol. The maximum absolute atomic E-state index is 12.2. The summed E-state index contributed by atoms with van der Waals surface area (Å²) >= 11 is 0. The van der Waals surface area contributed by atoms with E-state index in [2.05, 4.69) is 15.5 Å². The predicted molar refractivity (Wildman–Crippen MR) is 121 cm³/mol. The van der Waals surface area contributed by atoms with Crippen LogP contribution in [-0.4, -0.2) is 70.4 Å². The summed E-state index contributed by atoms with van der Waals surface area (Å²) in [5.41, 5.74) is 6.69. The highest BCUT2D eigenvalue weighted by Crippen LogP contribution is 2.21. The van der Waals surface area contributed by atoms with Crippen LogP contribution in [0.3, 0.4) is 0 Å². The van der Waals surface area contributed by atoms with Gasteiger partial charge in [0.25, 0.3) is 0 Å². The Labute approximate surface area is 184 Å². The highest BCUT2D eigenvalue weighted by molar-refractivity contribution is 6.40. The molecule has 2 atom stereocenters. The first-order valence-electron chi connectivity index (χ1n) is 10.9. The molecule has 10 heteroatoms. The molecule has 1 aromatic carbocycles. The second-order valence-corrected chi connectivity index (χ2v) is 8.54. The molecule has 2 amide bonds. The molecule has 0 spiro atoms. The summed E-state index contributed by atoms with van der Waals surface area (Å²) in [7, 11) is -1.37. The number of hydrogen-bond acceptors (Lipinski definition) is 6. The van der Waals surface area contributed by atoms with Gasteiger partial charge in [0.1, 0.15) is 5.54 Å². The summed E-state index contributed by atoms with van der Waals surface area (Å²) in [5, 5.41) is 33.1. The van der Waals surface area contributed by atoms with Crippen LogP contribution in [0, 0.1) is 6.92 Å². The van der Waals surface area contributed by atoms with Crippen molar-refractivity contribution in [3.63, 3.8) is 0 Å². The first kappa shape index (κ1) is 25.1. The van der Waals surface area contributed by atoms with Crippen LogP contribution in [0.2, 0.25) is 6.32 Å². The summed E-state index contributed by atoms with van der Waals surface area (Å²) in [6.07, 6.45) is 3.42. The van der Waals surface area contributed by atoms with Gasteiger partial charge in [-0.05, 0) is 57.6 Å². The van der Waals surface area contributed by atoms with Crippen molar-refractivity contribution in [1.82, 2.24) is 10.2 Å². The number of anilines is 1. The molecule has 2 unspecified atom stereocenters. The normalized spacial score (nSPS) is 18.4. The quantitative estimate of drug-likeness (QED) is 0.215. The van der Waals surface area contributed by atoms with E-state index in [1.54, 1.807) is 0 Å². The number of carboxylic acids is 1. The van der Waals surface area contributed by atoms with Crippen molar-refractivity contribution < 1.29 is 24.7 Å². The van der Waals surface area contributed by atoms with Crippen molar-refractivity contribution in [3.05, 3.63) is 29.8 Å². The summed E-state index contributed by atoms with van der Waals surface area (Å²) in [4.78, 5) is 26.0. The zero-order chi connectivity index (χ0) is 22.9. The van der Waals surface area contributed by atoms with Crippen LogP contribution >= 0.6 is 0 Å². The number of aryl methyl sites for hydroxylation is 1. The summed E-state index contributed by atoms with van der Waals surface area (Å²) < 4.78 is 0. The molecule has 172 valence electrons. The fraction of sp³-hybridized carbons (Fsp3) is 0.619. The first-order chi connectivity index (χ1) is 14.7. The molecule has 1 aliphatic heterocycles. The van der Waals surface area contributed by atoms with Crippen molar-refractivity contribution in [2.45, 2.75) is 63.3 Å². The van der Waals surface area contributed by atoms with Gasteiger partial charge in [0.15, 0.2) is 0 Å². The number of nitrogens with zero attached hydrogens (tertiary/aromatic N) is 1. The molecule has 1 saturated heterocycles. The molecule has 31 heavy (non-hydrogen) atoms. The Morgan fingerprint density at radius 3 is 2.52 bits per heavy atom. The van der Waals surface area contributed by atoms with Crippen molar-refractivity contribution in [2.75, 3.05) is 25.0 Å². The molecular formula is C21H35BN4O5. The lowest BCUT2D eigenvalue weighted by Gasteiger charge is -2.26. The van der Waals surface area contributed by atoms with Gasteiger partial charge < -0.3 is 36.4 Å². The summed E-state index contributed by atoms with van der Waals surface area (Å²) in [5.74, 6) is -1.02. The Kier molecular flexibility index (Phi) is 9.76. The highest BCUT2D eigenvalue weighted by Gasteiger charge is 2.33. The van der Waals surface area contributed by atoms with Gasteiger partial charge in [-0.25, -0.2) is 4.79 Å². The number of nitrogens with two attached hydrogens (primary N) is 1. The number of carbonyl (C=O) groups is 2. The third-order valence-corrected chi connectivity index (χ3v) is 5.78. The van der Waals surface area contributed by atoms with Crippen LogP contribution in [0.4, 0.5) is 10.5 Å². The minimum absolute atomic E-state index is 0.0532. The molecule has 2 rings (SSSR count). The second kappa shape index (κ2) is 12.0. The highest BCUT2D eigenvalue weighted by atomic mass is 16.4. The lowest BCUT2D eigenvalue weighted by Crippen LogP contribution is -2.48. The number of carboxylic acid groups (broad SMARTS) is 1. The molecule has 0 aliphatic carbocycles. The second-order valence-electron chi connectivity index (χ2n) is 8.54.